The van der Waals surface area contributed by atoms with Crippen LogP contribution in [0.5, 0.6) is 11.5 Å². The summed E-state index contributed by atoms with van der Waals surface area (Å²) in [7, 11) is 0. The molecule has 0 radical (unpaired) electrons. The average Bonchev–Trinajstić information content (AvgIpc) is 2.55. The van der Waals surface area contributed by atoms with Crippen molar-refractivity contribution in [2.45, 2.75) is 46.2 Å². The third-order valence-corrected chi connectivity index (χ3v) is 3.60. The maximum Gasteiger partial charge on any atom is 0.419 e. The first-order valence-electron chi connectivity index (χ1n) is 8.04. The van der Waals surface area contributed by atoms with E-state index in [0.29, 0.717) is 10.8 Å². The van der Waals surface area contributed by atoms with Gasteiger partial charge in [-0.3, -0.25) is 0 Å². The second kappa shape index (κ2) is 9.58. The van der Waals surface area contributed by atoms with Crippen LogP contribution in [0.1, 0.15) is 44.7 Å². The summed E-state index contributed by atoms with van der Waals surface area (Å²) in [6.07, 6.45) is -1.55. The largest absolute Gasteiger partial charge is 0.457 e. The molecule has 24 heavy (non-hydrogen) atoms. The zero-order valence-electron chi connectivity index (χ0n) is 14.1. The lowest BCUT2D eigenvalue weighted by molar-refractivity contribution is -0.138. The van der Waals surface area contributed by atoms with Gasteiger partial charge in [-0.15, -0.1) is 0 Å². The SMILES string of the molecule is CC.CCCCc1ccc(Oc2ccccc2C(F)(F)F)cc1Cl. The smallest absolute Gasteiger partial charge is 0.419 e. The first kappa shape index (κ1) is 20.4. The molecule has 0 unspecified atom stereocenters. The summed E-state index contributed by atoms with van der Waals surface area (Å²) in [4.78, 5) is 0. The van der Waals surface area contributed by atoms with Crippen molar-refractivity contribution >= 4 is 11.6 Å². The number of unbranched alkanes of at least 4 members (excludes halogenated alkanes) is 1. The number of hydrogen-bond acceptors (Lipinski definition) is 1. The van der Waals surface area contributed by atoms with E-state index in [1.807, 2.05) is 13.8 Å². The summed E-state index contributed by atoms with van der Waals surface area (Å²) in [5, 5.41) is 0.510. The standard InChI is InChI=1S/C17H16ClF3O.C2H6/c1-2-3-6-12-9-10-13(11-15(12)18)22-16-8-5-4-7-14(16)17(19,20)21;1-2/h4-5,7-11H,2-3,6H2,1H3;1-2H3. The Labute approximate surface area is 146 Å². The van der Waals surface area contributed by atoms with E-state index >= 15 is 0 Å². The van der Waals surface area contributed by atoms with E-state index in [9.17, 15) is 13.2 Å². The number of ether oxygens (including phenoxy) is 1. The molecule has 0 spiro atoms. The Hall–Kier alpha value is -1.68. The molecule has 0 N–H and O–H groups in total. The van der Waals surface area contributed by atoms with Gasteiger partial charge in [0.2, 0.25) is 0 Å². The van der Waals surface area contributed by atoms with Crippen molar-refractivity contribution < 1.29 is 17.9 Å². The molecule has 0 atom stereocenters. The molecule has 0 aliphatic heterocycles. The lowest BCUT2D eigenvalue weighted by Crippen LogP contribution is -2.06. The Morgan fingerprint density at radius 1 is 1.04 bits per heavy atom. The summed E-state index contributed by atoms with van der Waals surface area (Å²) in [5.41, 5.74) is 0.168. The fourth-order valence-corrected chi connectivity index (χ4v) is 2.34. The van der Waals surface area contributed by atoms with Gasteiger partial charge in [0.25, 0.3) is 0 Å². The predicted molar refractivity (Wildman–Crippen MR) is 92.9 cm³/mol. The predicted octanol–water partition coefficient (Wildman–Crippen LogP) is 7.52. The van der Waals surface area contributed by atoms with Crippen LogP contribution in [-0.2, 0) is 12.6 Å². The van der Waals surface area contributed by atoms with Gasteiger partial charge in [-0.25, -0.2) is 0 Å². The van der Waals surface area contributed by atoms with Gasteiger partial charge in [-0.1, -0.05) is 57.0 Å². The molecule has 0 saturated heterocycles. The molecule has 0 heterocycles. The second-order valence-electron chi connectivity index (χ2n) is 4.95. The normalized spacial score (nSPS) is 10.8. The van der Waals surface area contributed by atoms with Crippen LogP contribution in [0.3, 0.4) is 0 Å². The number of para-hydroxylation sites is 1. The number of benzene rings is 2. The summed E-state index contributed by atoms with van der Waals surface area (Å²) < 4.78 is 44.2. The summed E-state index contributed by atoms with van der Waals surface area (Å²) in [6.45, 7) is 6.08. The highest BCUT2D eigenvalue weighted by Crippen LogP contribution is 2.38. The highest BCUT2D eigenvalue weighted by molar-refractivity contribution is 6.31. The zero-order valence-corrected chi connectivity index (χ0v) is 14.8. The van der Waals surface area contributed by atoms with Crippen molar-refractivity contribution in [3.63, 3.8) is 0 Å². The Morgan fingerprint density at radius 2 is 1.71 bits per heavy atom. The summed E-state index contributed by atoms with van der Waals surface area (Å²) >= 11 is 6.16. The van der Waals surface area contributed by atoms with Gasteiger partial charge >= 0.3 is 6.18 Å². The van der Waals surface area contributed by atoms with Crippen molar-refractivity contribution in [1.29, 1.82) is 0 Å². The number of rotatable bonds is 5. The van der Waals surface area contributed by atoms with Crippen LogP contribution >= 0.6 is 11.6 Å². The van der Waals surface area contributed by atoms with E-state index in [-0.39, 0.29) is 5.75 Å². The van der Waals surface area contributed by atoms with Crippen LogP contribution in [0.15, 0.2) is 42.5 Å². The molecule has 0 aromatic heterocycles. The summed E-state index contributed by atoms with van der Waals surface area (Å²) in [6, 6.07) is 10.1. The maximum absolute atomic E-state index is 12.9. The van der Waals surface area contributed by atoms with Crippen molar-refractivity contribution in [1.82, 2.24) is 0 Å². The fraction of sp³-hybridized carbons (Fsp3) is 0.368. The van der Waals surface area contributed by atoms with E-state index in [0.717, 1.165) is 30.9 Å². The van der Waals surface area contributed by atoms with Crippen molar-refractivity contribution in [3.05, 3.63) is 58.6 Å². The van der Waals surface area contributed by atoms with Crippen LogP contribution in [0.2, 0.25) is 5.02 Å². The van der Waals surface area contributed by atoms with Crippen LogP contribution in [0.4, 0.5) is 13.2 Å². The molecule has 0 aliphatic rings. The molecule has 2 rings (SSSR count). The first-order valence-corrected chi connectivity index (χ1v) is 8.42. The highest BCUT2D eigenvalue weighted by Gasteiger charge is 2.34. The van der Waals surface area contributed by atoms with Gasteiger partial charge in [0.05, 0.1) is 5.56 Å². The second-order valence-corrected chi connectivity index (χ2v) is 5.36. The van der Waals surface area contributed by atoms with Gasteiger partial charge in [-0.05, 0) is 42.7 Å². The quantitative estimate of drug-likeness (QED) is 0.537. The molecule has 2 aromatic rings. The zero-order chi connectivity index (χ0) is 18.2. The summed E-state index contributed by atoms with van der Waals surface area (Å²) in [5.74, 6) is 0.0642. The van der Waals surface area contributed by atoms with Gasteiger partial charge in [0.15, 0.2) is 0 Å². The molecule has 0 saturated carbocycles. The molecule has 0 fully saturated rings. The first-order chi connectivity index (χ1) is 11.4. The Morgan fingerprint density at radius 3 is 2.29 bits per heavy atom. The minimum atomic E-state index is -4.46. The third kappa shape index (κ3) is 5.75. The molecule has 0 amide bonds. The van der Waals surface area contributed by atoms with E-state index in [1.165, 1.54) is 18.2 Å². The number of halogens is 4. The van der Waals surface area contributed by atoms with Crippen LogP contribution < -0.4 is 4.74 Å². The van der Waals surface area contributed by atoms with E-state index in [1.54, 1.807) is 18.2 Å². The fourth-order valence-electron chi connectivity index (χ4n) is 2.08. The van der Waals surface area contributed by atoms with Gasteiger partial charge < -0.3 is 4.74 Å². The van der Waals surface area contributed by atoms with Gasteiger partial charge in [0.1, 0.15) is 11.5 Å². The number of alkyl halides is 3. The Balaban J connectivity index is 0.00000139. The minimum Gasteiger partial charge on any atom is -0.457 e. The van der Waals surface area contributed by atoms with Gasteiger partial charge in [-0.2, -0.15) is 13.2 Å². The molecular formula is C19H22ClF3O. The molecular weight excluding hydrogens is 337 g/mol. The number of aryl methyl sites for hydroxylation is 1. The molecule has 132 valence electrons. The number of hydrogen-bond donors (Lipinski definition) is 0. The molecule has 5 heteroatoms. The van der Waals surface area contributed by atoms with E-state index < -0.39 is 11.7 Å². The Kier molecular flexibility index (Phi) is 8.13. The van der Waals surface area contributed by atoms with Crippen molar-refractivity contribution in [2.75, 3.05) is 0 Å². The van der Waals surface area contributed by atoms with Crippen molar-refractivity contribution in [2.24, 2.45) is 0 Å². The molecule has 0 aliphatic carbocycles. The molecule has 1 nitrogen and oxygen atoms in total. The minimum absolute atomic E-state index is 0.229. The van der Waals surface area contributed by atoms with Crippen molar-refractivity contribution in [3.8, 4) is 11.5 Å². The van der Waals surface area contributed by atoms with E-state index in [2.05, 4.69) is 6.92 Å². The molecule has 2 aromatic carbocycles. The average molecular weight is 359 g/mol. The van der Waals surface area contributed by atoms with Crippen LogP contribution in [0, 0.1) is 0 Å². The lowest BCUT2D eigenvalue weighted by Gasteiger charge is -2.14. The van der Waals surface area contributed by atoms with Crippen LogP contribution in [-0.4, -0.2) is 0 Å². The lowest BCUT2D eigenvalue weighted by atomic mass is 10.1. The molecule has 0 bridgehead atoms. The highest BCUT2D eigenvalue weighted by atomic mass is 35.5. The monoisotopic (exact) mass is 358 g/mol. The van der Waals surface area contributed by atoms with E-state index in [4.69, 9.17) is 16.3 Å². The topological polar surface area (TPSA) is 9.23 Å². The Bertz CT molecular complexity index is 639. The van der Waals surface area contributed by atoms with Crippen LogP contribution in [0.25, 0.3) is 0 Å². The van der Waals surface area contributed by atoms with Gasteiger partial charge in [0, 0.05) is 5.02 Å². The maximum atomic E-state index is 12.9. The third-order valence-electron chi connectivity index (χ3n) is 3.24.